The van der Waals surface area contributed by atoms with E-state index in [1.165, 1.54) is 31.6 Å². The Kier molecular flexibility index (Phi) is 6.52. The Bertz CT molecular complexity index is 1370. The number of benzene rings is 2. The number of thiophene rings is 1. The molecule has 0 spiro atoms. The van der Waals surface area contributed by atoms with Gasteiger partial charge in [0, 0.05) is 17.0 Å². The summed E-state index contributed by atoms with van der Waals surface area (Å²) in [5.74, 6) is 0.385. The molecular weight excluding hydrogens is 464 g/mol. The first-order valence-corrected chi connectivity index (χ1v) is 11.3. The second-order valence-electron chi connectivity index (χ2n) is 6.57. The number of nitrogens with zero attached hydrogens (tertiary/aromatic N) is 4. The van der Waals surface area contributed by atoms with Crippen LogP contribution >= 0.6 is 22.7 Å². The number of hydrogen-bond donors (Lipinski definition) is 1. The van der Waals surface area contributed by atoms with Gasteiger partial charge in [-0.25, -0.2) is 9.67 Å². The number of phenols is 1. The van der Waals surface area contributed by atoms with Crippen LogP contribution in [0.4, 0.5) is 11.4 Å². The van der Waals surface area contributed by atoms with Crippen LogP contribution in [0.1, 0.15) is 5.56 Å². The Morgan fingerprint density at radius 3 is 2.45 bits per heavy atom. The number of phenolic OH excluding ortho intramolecular Hbond substituents is 1. The topological polar surface area (TPSA) is 111 Å². The molecule has 0 bridgehead atoms. The Labute approximate surface area is 196 Å². The monoisotopic (exact) mass is 482 g/mol. The Balaban J connectivity index is 1.86. The second-order valence-corrected chi connectivity index (χ2v) is 8.35. The number of hydrogen-bond acceptors (Lipinski definition) is 9. The molecule has 33 heavy (non-hydrogen) atoms. The highest BCUT2D eigenvalue weighted by Gasteiger charge is 2.14. The molecule has 1 N–H and O–H groups in total. The molecule has 0 fully saturated rings. The highest BCUT2D eigenvalue weighted by atomic mass is 32.1. The van der Waals surface area contributed by atoms with Gasteiger partial charge in [0.1, 0.15) is 5.69 Å². The van der Waals surface area contributed by atoms with Crippen molar-refractivity contribution >= 4 is 40.3 Å². The molecule has 0 aliphatic rings. The number of nitro groups is 1. The molecule has 2 aromatic carbocycles. The van der Waals surface area contributed by atoms with Crippen molar-refractivity contribution in [3.05, 3.63) is 79.8 Å². The van der Waals surface area contributed by atoms with Gasteiger partial charge in [0.25, 0.3) is 5.69 Å². The summed E-state index contributed by atoms with van der Waals surface area (Å²) < 4.78 is 12.0. The summed E-state index contributed by atoms with van der Waals surface area (Å²) in [6.07, 6.45) is 1.58. The summed E-state index contributed by atoms with van der Waals surface area (Å²) in [5, 5.41) is 30.0. The minimum absolute atomic E-state index is 0.0906. The average Bonchev–Trinajstić information content (AvgIpc) is 3.48. The molecule has 0 radical (unpaired) electrons. The molecule has 0 saturated heterocycles. The van der Waals surface area contributed by atoms with Crippen LogP contribution in [0.25, 0.3) is 10.6 Å². The lowest BCUT2D eigenvalue weighted by atomic mass is 10.2. The van der Waals surface area contributed by atoms with Crippen LogP contribution in [0.3, 0.4) is 0 Å². The summed E-state index contributed by atoms with van der Waals surface area (Å²) in [5.41, 5.74) is 1.56. The van der Waals surface area contributed by atoms with E-state index in [1.807, 2.05) is 22.9 Å². The number of methoxy groups -OCH3 is 2. The predicted octanol–water partition coefficient (Wildman–Crippen LogP) is 5.02. The van der Waals surface area contributed by atoms with Crippen LogP contribution in [-0.2, 0) is 0 Å². The maximum atomic E-state index is 11.4. The van der Waals surface area contributed by atoms with Crippen molar-refractivity contribution in [2.24, 2.45) is 10.1 Å². The Morgan fingerprint density at radius 1 is 1.09 bits per heavy atom. The van der Waals surface area contributed by atoms with Crippen LogP contribution in [0.2, 0.25) is 0 Å². The maximum Gasteiger partial charge on any atom is 0.294 e. The fourth-order valence-electron chi connectivity index (χ4n) is 3.01. The summed E-state index contributed by atoms with van der Waals surface area (Å²) in [7, 11) is 2.89. The number of thiazole rings is 1. The van der Waals surface area contributed by atoms with Gasteiger partial charge in [-0.3, -0.25) is 10.1 Å². The van der Waals surface area contributed by atoms with Gasteiger partial charge in [-0.15, -0.1) is 22.7 Å². The van der Waals surface area contributed by atoms with Gasteiger partial charge in [-0.05, 0) is 29.6 Å². The van der Waals surface area contributed by atoms with Crippen molar-refractivity contribution < 1.29 is 19.5 Å². The largest absolute Gasteiger partial charge is 0.502 e. The number of aromatic nitrogens is 1. The van der Waals surface area contributed by atoms with E-state index in [0.29, 0.717) is 10.4 Å². The third-order valence-electron chi connectivity index (χ3n) is 4.58. The van der Waals surface area contributed by atoms with E-state index in [0.717, 1.165) is 10.6 Å². The first-order valence-electron chi connectivity index (χ1n) is 9.53. The Morgan fingerprint density at radius 2 is 1.82 bits per heavy atom. The van der Waals surface area contributed by atoms with Crippen LogP contribution in [0.5, 0.6) is 17.2 Å². The quantitative estimate of drug-likeness (QED) is 0.226. The van der Waals surface area contributed by atoms with E-state index in [-0.39, 0.29) is 28.6 Å². The van der Waals surface area contributed by atoms with E-state index < -0.39 is 4.92 Å². The molecule has 0 aliphatic heterocycles. The fraction of sp³-hybridized carbons (Fsp3) is 0.0909. The lowest BCUT2D eigenvalue weighted by Gasteiger charge is -2.09. The Hall–Kier alpha value is -3.96. The molecule has 0 atom stereocenters. The molecule has 0 saturated carbocycles. The van der Waals surface area contributed by atoms with Crippen molar-refractivity contribution in [2.75, 3.05) is 14.2 Å². The van der Waals surface area contributed by atoms with Crippen molar-refractivity contribution in [3.8, 4) is 27.8 Å². The molecule has 11 heteroatoms. The van der Waals surface area contributed by atoms with E-state index >= 15 is 0 Å². The number of rotatable bonds is 7. The highest BCUT2D eigenvalue weighted by molar-refractivity contribution is 7.14. The van der Waals surface area contributed by atoms with Gasteiger partial charge in [-0.1, -0.05) is 18.2 Å². The normalized spacial score (nSPS) is 11.8. The summed E-state index contributed by atoms with van der Waals surface area (Å²) in [4.78, 5) is 16.9. The number of ether oxygens (including phenoxy) is 2. The molecule has 0 aliphatic carbocycles. The highest BCUT2D eigenvalue weighted by Crippen LogP contribution is 2.36. The first-order chi connectivity index (χ1) is 16.0. The van der Waals surface area contributed by atoms with E-state index in [1.54, 1.807) is 52.6 Å². The zero-order valence-corrected chi connectivity index (χ0v) is 19.2. The van der Waals surface area contributed by atoms with Crippen molar-refractivity contribution in [1.82, 2.24) is 4.68 Å². The predicted molar refractivity (Wildman–Crippen MR) is 128 cm³/mol. The minimum Gasteiger partial charge on any atom is -0.502 e. The molecule has 2 aromatic heterocycles. The second kappa shape index (κ2) is 9.67. The molecule has 4 rings (SSSR count). The molecule has 9 nitrogen and oxygen atoms in total. The molecule has 168 valence electrons. The zero-order chi connectivity index (χ0) is 23.4. The third-order valence-corrected chi connectivity index (χ3v) is 6.29. The summed E-state index contributed by atoms with van der Waals surface area (Å²) >= 11 is 2.86. The van der Waals surface area contributed by atoms with Crippen LogP contribution in [0.15, 0.2) is 69.4 Å². The van der Waals surface area contributed by atoms with Gasteiger partial charge < -0.3 is 14.6 Å². The van der Waals surface area contributed by atoms with E-state index in [9.17, 15) is 15.2 Å². The van der Waals surface area contributed by atoms with E-state index in [4.69, 9.17) is 9.47 Å². The lowest BCUT2D eigenvalue weighted by molar-refractivity contribution is -0.384. The van der Waals surface area contributed by atoms with Crippen molar-refractivity contribution in [3.63, 3.8) is 0 Å². The van der Waals surface area contributed by atoms with Gasteiger partial charge in [-0.2, -0.15) is 5.10 Å². The van der Waals surface area contributed by atoms with Crippen molar-refractivity contribution in [1.29, 1.82) is 0 Å². The van der Waals surface area contributed by atoms with Crippen LogP contribution in [-0.4, -0.2) is 35.1 Å². The molecule has 4 aromatic rings. The smallest absolute Gasteiger partial charge is 0.294 e. The zero-order valence-electron chi connectivity index (χ0n) is 17.5. The van der Waals surface area contributed by atoms with Crippen LogP contribution < -0.4 is 14.3 Å². The van der Waals surface area contributed by atoms with E-state index in [2.05, 4.69) is 10.1 Å². The minimum atomic E-state index is -0.463. The molecule has 0 amide bonds. The van der Waals surface area contributed by atoms with Crippen molar-refractivity contribution in [2.45, 2.75) is 0 Å². The van der Waals surface area contributed by atoms with Gasteiger partial charge >= 0.3 is 0 Å². The SMILES string of the molecule is COc1cc(C=Nn2c(-c3cccs3)csc2=Nc2ccccc2[N+](=O)[O-])cc(OC)c1O. The molecule has 0 unspecified atom stereocenters. The number of nitro benzene ring substituents is 1. The lowest BCUT2D eigenvalue weighted by Crippen LogP contribution is -2.11. The van der Waals surface area contributed by atoms with Gasteiger partial charge in [0.2, 0.25) is 10.6 Å². The van der Waals surface area contributed by atoms with Crippen LogP contribution in [0, 0.1) is 10.1 Å². The molecule has 2 heterocycles. The summed E-state index contributed by atoms with van der Waals surface area (Å²) in [6, 6.07) is 13.4. The van der Waals surface area contributed by atoms with Gasteiger partial charge in [0.15, 0.2) is 11.5 Å². The maximum absolute atomic E-state index is 11.4. The first kappa shape index (κ1) is 22.2. The number of aromatic hydroxyl groups is 1. The fourth-order valence-corrected chi connectivity index (χ4v) is 4.65. The summed E-state index contributed by atoms with van der Waals surface area (Å²) in [6.45, 7) is 0. The molecular formula is C22H18N4O5S2. The average molecular weight is 483 g/mol. The van der Waals surface area contributed by atoms with Gasteiger partial charge in [0.05, 0.1) is 35.9 Å². The number of para-hydroxylation sites is 2. The third kappa shape index (κ3) is 4.64. The standard InChI is InChI=1S/C22H18N4O5S2/c1-30-18-10-14(11-19(31-2)21(18)27)12-23-25-17(20-8-5-9-32-20)13-33-22(25)24-15-6-3-4-7-16(15)26(28)29/h3-13,27H,1-2H3.